The predicted molar refractivity (Wildman–Crippen MR) is 83.2 cm³/mol. The van der Waals surface area contributed by atoms with E-state index in [2.05, 4.69) is 0 Å². The molecule has 128 valence electrons. The maximum absolute atomic E-state index is 12.5. The Kier molecular flexibility index (Phi) is 3.76. The Bertz CT molecular complexity index is 791. The molecule has 1 aliphatic heterocycles. The van der Waals surface area contributed by atoms with Gasteiger partial charge in [0, 0.05) is 17.5 Å². The van der Waals surface area contributed by atoms with Crippen molar-refractivity contribution in [3.8, 4) is 11.5 Å². The van der Waals surface area contributed by atoms with Crippen LogP contribution in [-0.4, -0.2) is 42.1 Å². The second kappa shape index (κ2) is 5.52. The molecular weight excluding hydrogens is 316 g/mol. The molecule has 0 unspecified atom stereocenters. The van der Waals surface area contributed by atoms with Gasteiger partial charge in [0.05, 0.1) is 37.6 Å². The highest BCUT2D eigenvalue weighted by Crippen LogP contribution is 2.49. The van der Waals surface area contributed by atoms with E-state index in [1.165, 1.54) is 14.2 Å². The number of hydrogen-bond acceptors (Lipinski definition) is 7. The van der Waals surface area contributed by atoms with Crippen LogP contribution in [0.25, 0.3) is 5.76 Å². The molecule has 1 aromatic carbocycles. The first kappa shape index (κ1) is 16.3. The second-order valence-corrected chi connectivity index (χ2v) is 5.86. The van der Waals surface area contributed by atoms with Gasteiger partial charge in [-0.3, -0.25) is 9.59 Å². The largest absolute Gasteiger partial charge is 0.507 e. The summed E-state index contributed by atoms with van der Waals surface area (Å²) in [6.45, 7) is 3.62. The van der Waals surface area contributed by atoms with Crippen LogP contribution in [0.4, 0.5) is 0 Å². The molecule has 1 heterocycles. The van der Waals surface area contributed by atoms with Crippen LogP contribution in [0, 0.1) is 0 Å². The molecule has 0 amide bonds. The summed E-state index contributed by atoms with van der Waals surface area (Å²) >= 11 is 0. The first-order chi connectivity index (χ1) is 11.3. The Morgan fingerprint density at radius 3 is 2.29 bits per heavy atom. The Morgan fingerprint density at radius 1 is 1.04 bits per heavy atom. The summed E-state index contributed by atoms with van der Waals surface area (Å²) in [5.41, 5.74) is 0.748. The molecule has 1 aromatic rings. The van der Waals surface area contributed by atoms with E-state index in [0.29, 0.717) is 17.5 Å². The normalized spacial score (nSPS) is 23.0. The number of phenolic OH excluding ortho intramolecular Hbond substituents is 1. The summed E-state index contributed by atoms with van der Waals surface area (Å²) in [5.74, 6) is -3.06. The molecule has 0 radical (unpaired) electrons. The van der Waals surface area contributed by atoms with Crippen LogP contribution >= 0.6 is 0 Å². The van der Waals surface area contributed by atoms with Crippen molar-refractivity contribution in [2.75, 3.05) is 14.2 Å². The van der Waals surface area contributed by atoms with Crippen molar-refractivity contribution in [1.82, 2.24) is 0 Å². The number of rotatable bonds is 2. The van der Waals surface area contributed by atoms with E-state index < -0.39 is 29.2 Å². The van der Waals surface area contributed by atoms with Crippen LogP contribution < -0.4 is 4.74 Å². The van der Waals surface area contributed by atoms with Crippen LogP contribution in [0.15, 0.2) is 5.76 Å². The van der Waals surface area contributed by atoms with Gasteiger partial charge in [-0.1, -0.05) is 0 Å². The molecule has 24 heavy (non-hydrogen) atoms. The number of benzene rings is 1. The third kappa shape index (κ3) is 2.01. The van der Waals surface area contributed by atoms with Gasteiger partial charge in [0.25, 0.3) is 5.78 Å². The van der Waals surface area contributed by atoms with E-state index in [-0.39, 0.29) is 28.7 Å². The summed E-state index contributed by atoms with van der Waals surface area (Å²) in [4.78, 5) is 24.7. The van der Waals surface area contributed by atoms with Crippen LogP contribution in [0.2, 0.25) is 0 Å². The standard InChI is InChI=1S/C17H18O7/c1-6-5-8-9(7(2)24-6)12(18)10-11(16(8)22-3)13(19)15(21)17(23-4)14(10)20/h6-7,18,20H,5H2,1-4H3/t6-,7+/m0/s1. The van der Waals surface area contributed by atoms with Crippen LogP contribution in [0.1, 0.15) is 47.0 Å². The minimum atomic E-state index is -0.978. The SMILES string of the molecule is COC1=C(O)c2c(O)c3c(c(OC)c2C(=O)C1=O)C[C@H](C)O[C@@H]3C. The van der Waals surface area contributed by atoms with Gasteiger partial charge in [-0.15, -0.1) is 0 Å². The fourth-order valence-electron chi connectivity index (χ4n) is 3.47. The molecule has 1 aliphatic carbocycles. The number of Topliss-reactive ketones (excluding diaryl/α,β-unsaturated/α-hetero) is 2. The zero-order chi connectivity index (χ0) is 17.8. The molecule has 7 heteroatoms. The number of aliphatic hydroxyl groups excluding tert-OH is 1. The number of carbonyl (C=O) groups is 2. The summed E-state index contributed by atoms with van der Waals surface area (Å²) in [6.07, 6.45) is -0.200. The minimum Gasteiger partial charge on any atom is -0.507 e. The molecule has 0 bridgehead atoms. The van der Waals surface area contributed by atoms with Crippen molar-refractivity contribution in [2.45, 2.75) is 32.5 Å². The van der Waals surface area contributed by atoms with Gasteiger partial charge in [0.15, 0.2) is 5.76 Å². The van der Waals surface area contributed by atoms with Crippen molar-refractivity contribution in [3.63, 3.8) is 0 Å². The lowest BCUT2D eigenvalue weighted by atomic mass is 9.82. The number of aliphatic hydroxyl groups is 1. The van der Waals surface area contributed by atoms with Crippen LogP contribution in [0.3, 0.4) is 0 Å². The van der Waals surface area contributed by atoms with Gasteiger partial charge in [-0.2, -0.15) is 0 Å². The molecule has 2 aliphatic rings. The topological polar surface area (TPSA) is 102 Å². The molecular formula is C17H18O7. The van der Waals surface area contributed by atoms with Crippen molar-refractivity contribution < 1.29 is 34.0 Å². The molecule has 0 saturated carbocycles. The van der Waals surface area contributed by atoms with E-state index in [9.17, 15) is 19.8 Å². The average Bonchev–Trinajstić information content (AvgIpc) is 2.52. The monoisotopic (exact) mass is 334 g/mol. The smallest absolute Gasteiger partial charge is 0.272 e. The molecule has 3 rings (SSSR count). The van der Waals surface area contributed by atoms with Crippen LogP contribution in [-0.2, 0) is 20.7 Å². The predicted octanol–water partition coefficient (Wildman–Crippen LogP) is 2.06. The van der Waals surface area contributed by atoms with Gasteiger partial charge < -0.3 is 24.4 Å². The maximum Gasteiger partial charge on any atom is 0.272 e. The van der Waals surface area contributed by atoms with Gasteiger partial charge in [-0.25, -0.2) is 0 Å². The summed E-state index contributed by atoms with van der Waals surface area (Å²) in [6, 6.07) is 0. The number of phenols is 1. The van der Waals surface area contributed by atoms with Gasteiger partial charge >= 0.3 is 0 Å². The number of allylic oxidation sites excluding steroid dienone is 1. The molecule has 0 saturated heterocycles. The number of fused-ring (bicyclic) bond motifs is 2. The van der Waals surface area contributed by atoms with E-state index in [1.807, 2.05) is 6.92 Å². The van der Waals surface area contributed by atoms with E-state index in [0.717, 1.165) is 0 Å². The first-order valence-electron chi connectivity index (χ1n) is 7.51. The molecule has 0 aromatic heterocycles. The third-order valence-electron chi connectivity index (χ3n) is 4.40. The molecule has 0 spiro atoms. The van der Waals surface area contributed by atoms with Crippen LogP contribution in [0.5, 0.6) is 11.5 Å². The number of ketones is 2. The third-order valence-corrected chi connectivity index (χ3v) is 4.40. The van der Waals surface area contributed by atoms with E-state index in [4.69, 9.17) is 14.2 Å². The second-order valence-electron chi connectivity index (χ2n) is 5.86. The van der Waals surface area contributed by atoms with Crippen molar-refractivity contribution in [2.24, 2.45) is 0 Å². The van der Waals surface area contributed by atoms with Gasteiger partial charge in [0.1, 0.15) is 11.5 Å². The first-order valence-corrected chi connectivity index (χ1v) is 7.51. The van der Waals surface area contributed by atoms with Crippen molar-refractivity contribution >= 4 is 17.3 Å². The lowest BCUT2D eigenvalue weighted by Crippen LogP contribution is -2.29. The van der Waals surface area contributed by atoms with E-state index in [1.54, 1.807) is 6.92 Å². The number of hydrogen-bond donors (Lipinski definition) is 2. The van der Waals surface area contributed by atoms with Crippen molar-refractivity contribution in [3.05, 3.63) is 28.0 Å². The van der Waals surface area contributed by atoms with Gasteiger partial charge in [-0.05, 0) is 13.8 Å². The highest BCUT2D eigenvalue weighted by molar-refractivity contribution is 6.52. The molecule has 0 fully saturated rings. The molecule has 2 N–H and O–H groups in total. The summed E-state index contributed by atoms with van der Waals surface area (Å²) < 4.78 is 15.9. The number of aromatic hydroxyl groups is 1. The van der Waals surface area contributed by atoms with Crippen molar-refractivity contribution in [1.29, 1.82) is 0 Å². The highest BCUT2D eigenvalue weighted by Gasteiger charge is 2.42. The number of methoxy groups -OCH3 is 2. The highest BCUT2D eigenvalue weighted by atomic mass is 16.5. The summed E-state index contributed by atoms with van der Waals surface area (Å²) in [7, 11) is 2.55. The van der Waals surface area contributed by atoms with E-state index >= 15 is 0 Å². The number of ether oxygens (including phenoxy) is 3. The lowest BCUT2D eigenvalue weighted by Gasteiger charge is -2.33. The fourth-order valence-corrected chi connectivity index (χ4v) is 3.47. The Balaban J connectivity index is 2.44. The zero-order valence-electron chi connectivity index (χ0n) is 13.8. The fraction of sp³-hybridized carbons (Fsp3) is 0.412. The lowest BCUT2D eigenvalue weighted by molar-refractivity contribution is -0.114. The maximum atomic E-state index is 12.5. The van der Waals surface area contributed by atoms with Gasteiger partial charge in [0.2, 0.25) is 11.5 Å². The Labute approximate surface area is 138 Å². The summed E-state index contributed by atoms with van der Waals surface area (Å²) in [5, 5.41) is 21.1. The quantitative estimate of drug-likeness (QED) is 0.798. The average molecular weight is 334 g/mol. The molecule has 7 nitrogen and oxygen atoms in total. The molecule has 2 atom stereocenters. The zero-order valence-corrected chi connectivity index (χ0v) is 13.8. The Hall–Kier alpha value is -2.54. The minimum absolute atomic E-state index is 0.140. The number of carbonyl (C=O) groups excluding carboxylic acids is 2. The Morgan fingerprint density at radius 2 is 1.71 bits per heavy atom.